The Kier molecular flexibility index (Phi) is 4.22. The van der Waals surface area contributed by atoms with Crippen LogP contribution in [-0.4, -0.2) is 18.6 Å². The van der Waals surface area contributed by atoms with Gasteiger partial charge in [-0.3, -0.25) is 15.6 Å². The maximum Gasteiger partial charge on any atom is 0.282 e. The topological polar surface area (TPSA) is 59.6 Å². The van der Waals surface area contributed by atoms with Crippen LogP contribution in [0.15, 0.2) is 43.0 Å². The summed E-state index contributed by atoms with van der Waals surface area (Å²) in [6, 6.07) is 10.8. The van der Waals surface area contributed by atoms with Gasteiger partial charge in [0.25, 0.3) is 5.91 Å². The lowest BCUT2D eigenvalue weighted by molar-refractivity contribution is -0.131. The van der Waals surface area contributed by atoms with Gasteiger partial charge in [-0.2, -0.15) is 0 Å². The van der Waals surface area contributed by atoms with E-state index in [1.807, 2.05) is 18.2 Å². The van der Waals surface area contributed by atoms with Gasteiger partial charge in [0.1, 0.15) is 6.61 Å². The summed E-state index contributed by atoms with van der Waals surface area (Å²) in [7, 11) is 0. The van der Waals surface area contributed by atoms with E-state index in [9.17, 15) is 4.79 Å². The maximum absolute atomic E-state index is 12.1. The fraction of sp³-hybridized carbons (Fsp3) is 0.133. The SMILES string of the molecule is C=C(NNC(=O)C1COc2ccccc2O1)c1ccc(Cl)s1. The highest BCUT2D eigenvalue weighted by atomic mass is 35.5. The van der Waals surface area contributed by atoms with Crippen LogP contribution in [0.25, 0.3) is 5.70 Å². The summed E-state index contributed by atoms with van der Waals surface area (Å²) >= 11 is 7.23. The minimum Gasteiger partial charge on any atom is -0.485 e. The Hall–Kier alpha value is -2.18. The second kappa shape index (κ2) is 6.29. The third kappa shape index (κ3) is 3.18. The zero-order valence-electron chi connectivity index (χ0n) is 11.5. The van der Waals surface area contributed by atoms with Crippen molar-refractivity contribution in [2.24, 2.45) is 0 Å². The molecule has 1 aromatic carbocycles. The third-order valence-electron chi connectivity index (χ3n) is 3.01. The molecule has 0 saturated carbocycles. The number of rotatable bonds is 4. The number of hydrazine groups is 1. The summed E-state index contributed by atoms with van der Waals surface area (Å²) in [6.07, 6.45) is -0.720. The molecule has 1 atom stereocenters. The summed E-state index contributed by atoms with van der Waals surface area (Å²) in [4.78, 5) is 13.0. The maximum atomic E-state index is 12.1. The van der Waals surface area contributed by atoms with Crippen molar-refractivity contribution in [3.63, 3.8) is 0 Å². The van der Waals surface area contributed by atoms with Crippen LogP contribution >= 0.6 is 22.9 Å². The largest absolute Gasteiger partial charge is 0.485 e. The molecule has 0 spiro atoms. The van der Waals surface area contributed by atoms with Gasteiger partial charge in [-0.1, -0.05) is 30.3 Å². The molecule has 5 nitrogen and oxygen atoms in total. The van der Waals surface area contributed by atoms with Crippen LogP contribution in [0.1, 0.15) is 4.88 Å². The molecular formula is C15H13ClN2O3S. The van der Waals surface area contributed by atoms with E-state index in [4.69, 9.17) is 21.1 Å². The second-order valence-electron chi connectivity index (χ2n) is 4.56. The molecule has 0 fully saturated rings. The number of ether oxygens (including phenoxy) is 2. The van der Waals surface area contributed by atoms with Gasteiger partial charge >= 0.3 is 0 Å². The lowest BCUT2D eigenvalue weighted by atomic mass is 10.2. The van der Waals surface area contributed by atoms with Gasteiger partial charge in [-0.05, 0) is 24.3 Å². The zero-order chi connectivity index (χ0) is 15.5. The van der Waals surface area contributed by atoms with Crippen molar-refractivity contribution in [3.05, 3.63) is 52.2 Å². The molecule has 1 unspecified atom stereocenters. The van der Waals surface area contributed by atoms with Gasteiger partial charge in [0.15, 0.2) is 11.5 Å². The van der Waals surface area contributed by atoms with Crippen LogP contribution in [-0.2, 0) is 4.79 Å². The van der Waals surface area contributed by atoms with Gasteiger partial charge in [-0.15, -0.1) is 11.3 Å². The van der Waals surface area contributed by atoms with Crippen LogP contribution in [0.3, 0.4) is 0 Å². The van der Waals surface area contributed by atoms with Crippen LogP contribution in [0, 0.1) is 0 Å². The van der Waals surface area contributed by atoms with Gasteiger partial charge < -0.3 is 9.47 Å². The van der Waals surface area contributed by atoms with Crippen LogP contribution < -0.4 is 20.3 Å². The Morgan fingerprint density at radius 3 is 2.73 bits per heavy atom. The summed E-state index contributed by atoms with van der Waals surface area (Å²) in [6.45, 7) is 4.00. The highest BCUT2D eigenvalue weighted by Crippen LogP contribution is 2.30. The van der Waals surface area contributed by atoms with E-state index in [0.29, 0.717) is 21.5 Å². The van der Waals surface area contributed by atoms with Gasteiger partial charge in [0.05, 0.1) is 14.9 Å². The van der Waals surface area contributed by atoms with Crippen molar-refractivity contribution in [2.75, 3.05) is 6.61 Å². The highest BCUT2D eigenvalue weighted by molar-refractivity contribution is 7.17. The number of hydrogen-bond donors (Lipinski definition) is 2. The van der Waals surface area contributed by atoms with Crippen LogP contribution in [0.2, 0.25) is 4.34 Å². The number of nitrogens with one attached hydrogen (secondary N) is 2. The molecule has 0 bridgehead atoms. The minimum absolute atomic E-state index is 0.155. The standard InChI is InChI=1S/C15H13ClN2O3S/c1-9(13-6-7-14(16)22-13)17-18-15(19)12-8-20-10-4-2-3-5-11(10)21-12/h2-7,12,17H,1,8H2,(H,18,19). The number of carbonyl (C=O) groups is 1. The number of benzene rings is 1. The van der Waals surface area contributed by atoms with E-state index in [1.54, 1.807) is 18.2 Å². The molecule has 0 saturated heterocycles. The normalized spacial score (nSPS) is 16.0. The number of hydrogen-bond acceptors (Lipinski definition) is 5. The fourth-order valence-electron chi connectivity index (χ4n) is 1.90. The fourth-order valence-corrected chi connectivity index (χ4v) is 2.87. The molecule has 2 N–H and O–H groups in total. The lowest BCUT2D eigenvalue weighted by Crippen LogP contribution is -2.48. The van der Waals surface area contributed by atoms with Crippen LogP contribution in [0.5, 0.6) is 11.5 Å². The van der Waals surface area contributed by atoms with Crippen molar-refractivity contribution in [1.29, 1.82) is 0 Å². The Balaban J connectivity index is 1.56. The minimum atomic E-state index is -0.720. The average Bonchev–Trinajstić information content (AvgIpc) is 2.98. The third-order valence-corrected chi connectivity index (χ3v) is 4.30. The van der Waals surface area contributed by atoms with E-state index < -0.39 is 6.10 Å². The van der Waals surface area contributed by atoms with Crippen LogP contribution in [0.4, 0.5) is 0 Å². The van der Waals surface area contributed by atoms with Crippen molar-refractivity contribution in [2.45, 2.75) is 6.10 Å². The summed E-state index contributed by atoms with van der Waals surface area (Å²) in [5, 5.41) is 0. The number of para-hydroxylation sites is 2. The molecule has 1 aliphatic rings. The zero-order valence-corrected chi connectivity index (χ0v) is 13.0. The number of halogens is 1. The van der Waals surface area contributed by atoms with E-state index in [2.05, 4.69) is 17.4 Å². The summed E-state index contributed by atoms with van der Waals surface area (Å²) in [5.74, 6) is 0.855. The van der Waals surface area contributed by atoms with E-state index in [-0.39, 0.29) is 12.5 Å². The molecular weight excluding hydrogens is 324 g/mol. The molecule has 3 rings (SSSR count). The van der Waals surface area contributed by atoms with Gasteiger partial charge in [0.2, 0.25) is 6.10 Å². The van der Waals surface area contributed by atoms with E-state index >= 15 is 0 Å². The average molecular weight is 337 g/mol. The predicted molar refractivity (Wildman–Crippen MR) is 86.0 cm³/mol. The second-order valence-corrected chi connectivity index (χ2v) is 6.28. The van der Waals surface area contributed by atoms with Crippen molar-refractivity contribution in [3.8, 4) is 11.5 Å². The monoisotopic (exact) mass is 336 g/mol. The smallest absolute Gasteiger partial charge is 0.282 e. The number of amides is 1. The van der Waals surface area contributed by atoms with Crippen molar-refractivity contribution in [1.82, 2.24) is 10.9 Å². The molecule has 22 heavy (non-hydrogen) atoms. The molecule has 0 aliphatic carbocycles. The molecule has 2 aromatic rings. The summed E-state index contributed by atoms with van der Waals surface area (Å²) in [5.41, 5.74) is 5.87. The van der Waals surface area contributed by atoms with E-state index in [1.165, 1.54) is 11.3 Å². The van der Waals surface area contributed by atoms with E-state index in [0.717, 1.165) is 4.88 Å². The van der Waals surface area contributed by atoms with Gasteiger partial charge in [-0.25, -0.2) is 0 Å². The molecule has 1 aromatic heterocycles. The molecule has 114 valence electrons. The predicted octanol–water partition coefficient (Wildman–Crippen LogP) is 2.83. The summed E-state index contributed by atoms with van der Waals surface area (Å²) < 4.78 is 11.8. The first-order valence-corrected chi connectivity index (χ1v) is 7.72. The lowest BCUT2D eigenvalue weighted by Gasteiger charge is -2.25. The molecule has 0 radical (unpaired) electrons. The first-order chi connectivity index (χ1) is 10.6. The molecule has 7 heteroatoms. The van der Waals surface area contributed by atoms with Crippen molar-refractivity contribution < 1.29 is 14.3 Å². The molecule has 2 heterocycles. The first-order valence-electron chi connectivity index (χ1n) is 6.52. The first kappa shape index (κ1) is 14.7. The highest BCUT2D eigenvalue weighted by Gasteiger charge is 2.27. The molecule has 1 amide bonds. The number of carbonyl (C=O) groups excluding carboxylic acids is 1. The van der Waals surface area contributed by atoms with Gasteiger partial charge in [0, 0.05) is 0 Å². The Labute approximate surface area is 136 Å². The quantitative estimate of drug-likeness (QED) is 0.843. The number of thiophene rings is 1. The number of fused-ring (bicyclic) bond motifs is 1. The Morgan fingerprint density at radius 1 is 1.23 bits per heavy atom. The Bertz CT molecular complexity index is 716. The molecule has 1 aliphatic heterocycles. The Morgan fingerprint density at radius 2 is 2.00 bits per heavy atom. The van der Waals surface area contributed by atoms with Crippen molar-refractivity contribution >= 4 is 34.5 Å².